The molecule has 0 fully saturated rings. The SMILES string of the molecule is CCOC(=O)/C(C#N)=C(/F)c1ccccc1. The fourth-order valence-corrected chi connectivity index (χ4v) is 1.12. The minimum Gasteiger partial charge on any atom is -0.462 e. The lowest BCUT2D eigenvalue weighted by atomic mass is 10.1. The van der Waals surface area contributed by atoms with Gasteiger partial charge in [0.2, 0.25) is 0 Å². The molecule has 0 aromatic heterocycles. The number of nitrogens with zero attached hydrogens (tertiary/aromatic N) is 1. The fraction of sp³-hybridized carbons (Fsp3) is 0.167. The van der Waals surface area contributed by atoms with E-state index in [9.17, 15) is 9.18 Å². The lowest BCUT2D eigenvalue weighted by Gasteiger charge is -2.02. The van der Waals surface area contributed by atoms with Gasteiger partial charge in [0.25, 0.3) is 0 Å². The average Bonchev–Trinajstić information content (AvgIpc) is 2.31. The van der Waals surface area contributed by atoms with Crippen LogP contribution in [0.2, 0.25) is 0 Å². The molecule has 0 unspecified atom stereocenters. The molecule has 0 amide bonds. The van der Waals surface area contributed by atoms with Crippen LogP contribution in [0.1, 0.15) is 12.5 Å². The van der Waals surface area contributed by atoms with Gasteiger partial charge in [-0.1, -0.05) is 30.3 Å². The third kappa shape index (κ3) is 2.67. The van der Waals surface area contributed by atoms with Crippen molar-refractivity contribution in [3.8, 4) is 6.07 Å². The quantitative estimate of drug-likeness (QED) is 0.445. The first-order valence-corrected chi connectivity index (χ1v) is 4.73. The Morgan fingerprint density at radius 2 is 2.06 bits per heavy atom. The molecule has 0 saturated carbocycles. The van der Waals surface area contributed by atoms with Gasteiger partial charge in [0.1, 0.15) is 6.07 Å². The molecule has 0 N–H and O–H groups in total. The van der Waals surface area contributed by atoms with Crippen LogP contribution >= 0.6 is 0 Å². The highest BCUT2D eigenvalue weighted by molar-refractivity contribution is 6.00. The van der Waals surface area contributed by atoms with E-state index in [-0.39, 0.29) is 12.2 Å². The van der Waals surface area contributed by atoms with Crippen molar-refractivity contribution < 1.29 is 13.9 Å². The number of rotatable bonds is 3. The number of carbonyl (C=O) groups is 1. The van der Waals surface area contributed by atoms with E-state index >= 15 is 0 Å². The summed E-state index contributed by atoms with van der Waals surface area (Å²) in [5, 5.41) is 8.71. The first kappa shape index (κ1) is 11.9. The molecule has 0 saturated heterocycles. The third-order valence-electron chi connectivity index (χ3n) is 1.84. The largest absolute Gasteiger partial charge is 0.462 e. The molecule has 1 aromatic carbocycles. The second kappa shape index (κ2) is 5.66. The minimum atomic E-state index is -0.939. The fourth-order valence-electron chi connectivity index (χ4n) is 1.12. The van der Waals surface area contributed by atoms with Crippen molar-refractivity contribution in [2.45, 2.75) is 6.92 Å². The molecule has 0 radical (unpaired) electrons. The number of halogens is 1. The van der Waals surface area contributed by atoms with E-state index in [1.54, 1.807) is 25.1 Å². The maximum absolute atomic E-state index is 13.7. The number of hydrogen-bond donors (Lipinski definition) is 0. The van der Waals surface area contributed by atoms with Crippen LogP contribution in [0.25, 0.3) is 5.83 Å². The predicted octanol–water partition coefficient (Wildman–Crippen LogP) is 2.45. The van der Waals surface area contributed by atoms with Crippen molar-refractivity contribution >= 4 is 11.8 Å². The monoisotopic (exact) mass is 219 g/mol. The molecule has 0 aliphatic heterocycles. The van der Waals surface area contributed by atoms with Crippen LogP contribution < -0.4 is 0 Å². The molecule has 1 aromatic rings. The summed E-state index contributed by atoms with van der Waals surface area (Å²) in [6, 6.07) is 9.43. The molecule has 82 valence electrons. The van der Waals surface area contributed by atoms with Crippen LogP contribution in [0.15, 0.2) is 35.9 Å². The molecule has 3 nitrogen and oxygen atoms in total. The van der Waals surface area contributed by atoms with Crippen LogP contribution in [-0.2, 0) is 9.53 Å². The van der Waals surface area contributed by atoms with Gasteiger partial charge in [0.15, 0.2) is 11.4 Å². The highest BCUT2D eigenvalue weighted by atomic mass is 19.1. The maximum atomic E-state index is 13.7. The molecular weight excluding hydrogens is 209 g/mol. The van der Waals surface area contributed by atoms with Crippen molar-refractivity contribution in [2.75, 3.05) is 6.61 Å². The zero-order valence-corrected chi connectivity index (χ0v) is 8.74. The summed E-state index contributed by atoms with van der Waals surface area (Å²) in [7, 11) is 0. The average molecular weight is 219 g/mol. The van der Waals surface area contributed by atoms with Crippen LogP contribution in [0.4, 0.5) is 4.39 Å². The zero-order valence-electron chi connectivity index (χ0n) is 8.74. The molecule has 0 spiro atoms. The van der Waals surface area contributed by atoms with Crippen molar-refractivity contribution in [1.82, 2.24) is 0 Å². The number of hydrogen-bond acceptors (Lipinski definition) is 3. The third-order valence-corrected chi connectivity index (χ3v) is 1.84. The first-order chi connectivity index (χ1) is 7.70. The molecule has 4 heteroatoms. The van der Waals surface area contributed by atoms with E-state index < -0.39 is 17.4 Å². The Morgan fingerprint density at radius 1 is 1.44 bits per heavy atom. The Labute approximate surface area is 92.8 Å². The molecule has 1 rings (SSSR count). The standard InChI is InChI=1S/C12H10FNO2/c1-2-16-12(15)10(8-14)11(13)9-6-4-3-5-7-9/h3-7H,2H2,1H3/b11-10+. The number of benzene rings is 1. The summed E-state index contributed by atoms with van der Waals surface area (Å²) in [5.41, 5.74) is -0.417. The van der Waals surface area contributed by atoms with Gasteiger partial charge in [0, 0.05) is 5.56 Å². The van der Waals surface area contributed by atoms with E-state index in [0.29, 0.717) is 0 Å². The predicted molar refractivity (Wildman–Crippen MR) is 56.7 cm³/mol. The number of nitriles is 1. The lowest BCUT2D eigenvalue weighted by molar-refractivity contribution is -0.137. The van der Waals surface area contributed by atoms with E-state index in [1.165, 1.54) is 18.2 Å². The normalized spacial score (nSPS) is 11.3. The Balaban J connectivity index is 3.11. The maximum Gasteiger partial charge on any atom is 0.351 e. The van der Waals surface area contributed by atoms with E-state index in [2.05, 4.69) is 4.74 Å². The van der Waals surface area contributed by atoms with E-state index in [4.69, 9.17) is 5.26 Å². The van der Waals surface area contributed by atoms with Gasteiger partial charge in [-0.3, -0.25) is 0 Å². The van der Waals surface area contributed by atoms with Gasteiger partial charge in [-0.05, 0) is 6.92 Å². The second-order valence-electron chi connectivity index (χ2n) is 2.89. The highest BCUT2D eigenvalue weighted by Gasteiger charge is 2.17. The van der Waals surface area contributed by atoms with Crippen LogP contribution in [0.3, 0.4) is 0 Å². The molecule has 16 heavy (non-hydrogen) atoms. The van der Waals surface area contributed by atoms with Crippen molar-refractivity contribution in [2.24, 2.45) is 0 Å². The highest BCUT2D eigenvalue weighted by Crippen LogP contribution is 2.20. The van der Waals surface area contributed by atoms with Gasteiger partial charge < -0.3 is 4.74 Å². The van der Waals surface area contributed by atoms with Crippen molar-refractivity contribution in [3.05, 3.63) is 41.5 Å². The Kier molecular flexibility index (Phi) is 4.22. The van der Waals surface area contributed by atoms with E-state index in [1.807, 2.05) is 0 Å². The molecular formula is C12H10FNO2. The Morgan fingerprint density at radius 3 is 2.56 bits per heavy atom. The summed E-state index contributed by atoms with van der Waals surface area (Å²) < 4.78 is 18.3. The molecule has 0 atom stereocenters. The summed E-state index contributed by atoms with van der Waals surface area (Å²) in [4.78, 5) is 11.2. The zero-order chi connectivity index (χ0) is 12.0. The van der Waals surface area contributed by atoms with E-state index in [0.717, 1.165) is 0 Å². The van der Waals surface area contributed by atoms with Crippen LogP contribution in [0.5, 0.6) is 0 Å². The van der Waals surface area contributed by atoms with Gasteiger partial charge in [-0.25, -0.2) is 9.18 Å². The first-order valence-electron chi connectivity index (χ1n) is 4.73. The van der Waals surface area contributed by atoms with Gasteiger partial charge in [-0.15, -0.1) is 0 Å². The number of carbonyl (C=O) groups excluding carboxylic acids is 1. The van der Waals surface area contributed by atoms with Crippen molar-refractivity contribution in [1.29, 1.82) is 5.26 Å². The molecule has 0 heterocycles. The Hall–Kier alpha value is -2.15. The minimum absolute atomic E-state index is 0.103. The summed E-state index contributed by atoms with van der Waals surface area (Å²) >= 11 is 0. The van der Waals surface area contributed by atoms with Crippen LogP contribution in [-0.4, -0.2) is 12.6 Å². The van der Waals surface area contributed by atoms with Crippen LogP contribution in [0, 0.1) is 11.3 Å². The second-order valence-corrected chi connectivity index (χ2v) is 2.89. The van der Waals surface area contributed by atoms with Gasteiger partial charge in [0.05, 0.1) is 6.61 Å². The number of ether oxygens (including phenoxy) is 1. The van der Waals surface area contributed by atoms with Gasteiger partial charge in [-0.2, -0.15) is 5.26 Å². The Bertz CT molecular complexity index is 446. The summed E-state index contributed by atoms with van der Waals surface area (Å²) in [6.07, 6.45) is 0. The molecule has 0 aliphatic rings. The summed E-state index contributed by atoms with van der Waals surface area (Å²) in [6.45, 7) is 1.69. The molecule has 0 aliphatic carbocycles. The summed E-state index contributed by atoms with van der Waals surface area (Å²) in [5.74, 6) is -1.80. The van der Waals surface area contributed by atoms with Gasteiger partial charge >= 0.3 is 5.97 Å². The lowest BCUT2D eigenvalue weighted by Crippen LogP contribution is -2.07. The smallest absolute Gasteiger partial charge is 0.351 e. The van der Waals surface area contributed by atoms with Crippen molar-refractivity contribution in [3.63, 3.8) is 0 Å². The number of esters is 1. The topological polar surface area (TPSA) is 50.1 Å². The molecule has 0 bridgehead atoms.